The molecule has 1 aromatic carbocycles. The molecule has 1 aromatic heterocycles. The lowest BCUT2D eigenvalue weighted by atomic mass is 9.53. The van der Waals surface area contributed by atoms with Crippen LogP contribution in [0.3, 0.4) is 0 Å². The lowest BCUT2D eigenvalue weighted by Crippen LogP contribution is -2.50. The first-order chi connectivity index (χ1) is 15.2. The van der Waals surface area contributed by atoms with Gasteiger partial charge in [-0.2, -0.15) is 5.10 Å². The van der Waals surface area contributed by atoms with Crippen LogP contribution in [0.15, 0.2) is 18.2 Å². The molecule has 0 aliphatic heterocycles. The molecule has 5 nitrogen and oxygen atoms in total. The van der Waals surface area contributed by atoms with Crippen LogP contribution in [0.2, 0.25) is 0 Å². The molecule has 0 radical (unpaired) electrons. The Morgan fingerprint density at radius 2 is 1.64 bits per heavy atom. The molecular weight excluding hydrogens is 478 g/mol. The Bertz CT molecular complexity index is 920. The molecule has 0 amide bonds. The molecule has 4 atom stereocenters. The van der Waals surface area contributed by atoms with Gasteiger partial charge in [0.2, 0.25) is 0 Å². The number of hydrogen-bond donors (Lipinski definition) is 2. The van der Waals surface area contributed by atoms with E-state index < -0.39 is 6.10 Å². The first kappa shape index (κ1) is 26.4. The van der Waals surface area contributed by atoms with Gasteiger partial charge in [0.15, 0.2) is 5.82 Å². The van der Waals surface area contributed by atoms with Crippen LogP contribution < -0.4 is 0 Å². The number of alkyl halides is 1. The van der Waals surface area contributed by atoms with Crippen molar-refractivity contribution >= 4 is 15.9 Å². The maximum absolute atomic E-state index is 10.3. The average Bonchev–Trinajstić information content (AvgIpc) is 3.19. The summed E-state index contributed by atoms with van der Waals surface area (Å²) in [6.07, 6.45) is 1.82. The molecule has 33 heavy (non-hydrogen) atoms. The minimum absolute atomic E-state index is 0.0948. The Kier molecular flexibility index (Phi) is 7.82. The summed E-state index contributed by atoms with van der Waals surface area (Å²) in [4.78, 5) is 9.84. The highest BCUT2D eigenvalue weighted by Crippen LogP contribution is 2.55. The second-order valence-electron chi connectivity index (χ2n) is 12.4. The van der Waals surface area contributed by atoms with E-state index in [-0.39, 0.29) is 21.6 Å². The van der Waals surface area contributed by atoms with E-state index >= 15 is 0 Å². The molecule has 1 aliphatic carbocycles. The monoisotopic (exact) mass is 519 g/mol. The van der Waals surface area contributed by atoms with E-state index in [1.165, 1.54) is 5.56 Å². The normalized spacial score (nSPS) is 26.3. The van der Waals surface area contributed by atoms with Crippen LogP contribution in [-0.2, 0) is 4.89 Å². The van der Waals surface area contributed by atoms with Crippen LogP contribution in [0.25, 0.3) is 11.4 Å². The van der Waals surface area contributed by atoms with Crippen molar-refractivity contribution in [3.05, 3.63) is 35.2 Å². The molecule has 2 N–H and O–H groups in total. The number of hydrogen-bond acceptors (Lipinski definition) is 4. The van der Waals surface area contributed by atoms with Crippen molar-refractivity contribution in [1.29, 1.82) is 0 Å². The molecule has 0 saturated heterocycles. The smallest absolute Gasteiger partial charge is 0.181 e. The van der Waals surface area contributed by atoms with Crippen molar-refractivity contribution in [3.63, 3.8) is 0 Å². The molecule has 1 heterocycles. The summed E-state index contributed by atoms with van der Waals surface area (Å²) in [5.41, 5.74) is 3.51. The Hall–Kier alpha value is -1.24. The van der Waals surface area contributed by atoms with Gasteiger partial charge in [-0.05, 0) is 72.8 Å². The third-order valence-electron chi connectivity index (χ3n) is 7.65. The summed E-state index contributed by atoms with van der Waals surface area (Å²) < 4.78 is 0. The lowest BCUT2D eigenvalue weighted by Gasteiger charge is -2.53. The summed E-state index contributed by atoms with van der Waals surface area (Å²) in [6, 6.07) is 6.30. The average molecular weight is 521 g/mol. The lowest BCUT2D eigenvalue weighted by molar-refractivity contribution is -0.306. The largest absolute Gasteiger partial charge is 0.262 e. The van der Waals surface area contributed by atoms with Gasteiger partial charge in [0, 0.05) is 5.56 Å². The van der Waals surface area contributed by atoms with Gasteiger partial charge in [0.05, 0.1) is 0 Å². The summed E-state index contributed by atoms with van der Waals surface area (Å²) in [7, 11) is 0. The topological polar surface area (TPSA) is 71.0 Å². The number of aromatic nitrogens is 3. The third kappa shape index (κ3) is 5.71. The Balaban J connectivity index is 2.00. The second-order valence-corrected chi connectivity index (χ2v) is 13.4. The van der Waals surface area contributed by atoms with Crippen LogP contribution in [-0.4, -0.2) is 26.5 Å². The van der Waals surface area contributed by atoms with E-state index in [1.54, 1.807) is 0 Å². The zero-order valence-electron chi connectivity index (χ0n) is 21.7. The summed E-state index contributed by atoms with van der Waals surface area (Å²) in [6.45, 7) is 20.4. The van der Waals surface area contributed by atoms with Crippen LogP contribution in [0, 0.1) is 48.3 Å². The molecule has 1 aliphatic rings. The number of halogens is 1. The molecule has 2 aromatic rings. The van der Waals surface area contributed by atoms with E-state index in [4.69, 9.17) is 9.87 Å². The fraction of sp³-hybridized carbons (Fsp3) is 0.704. The molecule has 0 spiro atoms. The number of benzene rings is 1. The predicted octanol–water partition coefficient (Wildman–Crippen LogP) is 7.75. The molecule has 4 unspecified atom stereocenters. The van der Waals surface area contributed by atoms with E-state index in [2.05, 4.69) is 107 Å². The highest BCUT2D eigenvalue weighted by Gasteiger charge is 2.51. The van der Waals surface area contributed by atoms with Crippen molar-refractivity contribution in [3.8, 4) is 11.4 Å². The maximum atomic E-state index is 10.3. The van der Waals surface area contributed by atoms with Crippen molar-refractivity contribution in [1.82, 2.24) is 15.2 Å². The summed E-state index contributed by atoms with van der Waals surface area (Å²) in [5, 5.41) is 17.9. The molecule has 1 saturated carbocycles. The third-order valence-corrected chi connectivity index (χ3v) is 8.61. The zero-order valence-corrected chi connectivity index (χ0v) is 23.3. The van der Waals surface area contributed by atoms with Crippen molar-refractivity contribution < 1.29 is 10.1 Å². The highest BCUT2D eigenvalue weighted by molar-refractivity contribution is 9.09. The SMILES string of the molecule is Cc1ccc(C)c(-c2n[nH]c(C(Br)C(OO)C3C(C(C)(C)C)CC(C)CC3C(C)(C)C)n2)c1. The van der Waals surface area contributed by atoms with Gasteiger partial charge in [-0.3, -0.25) is 10.4 Å². The number of rotatable bonds is 5. The number of H-pyrrole nitrogens is 1. The van der Waals surface area contributed by atoms with Gasteiger partial charge in [-0.15, -0.1) is 0 Å². The number of aromatic amines is 1. The van der Waals surface area contributed by atoms with Crippen LogP contribution >= 0.6 is 15.9 Å². The number of aryl methyl sites for hydroxylation is 2. The van der Waals surface area contributed by atoms with Crippen molar-refractivity contribution in [2.75, 3.05) is 0 Å². The van der Waals surface area contributed by atoms with Crippen molar-refractivity contribution in [2.24, 2.45) is 34.5 Å². The van der Waals surface area contributed by atoms with E-state index in [1.807, 2.05) is 0 Å². The number of nitrogens with one attached hydrogen (secondary N) is 1. The molecule has 184 valence electrons. The van der Waals surface area contributed by atoms with Gasteiger partial charge in [-0.25, -0.2) is 9.87 Å². The quantitative estimate of drug-likeness (QED) is 0.240. The Morgan fingerprint density at radius 3 is 2.15 bits per heavy atom. The van der Waals surface area contributed by atoms with Gasteiger partial charge >= 0.3 is 0 Å². The number of nitrogens with zero attached hydrogens (tertiary/aromatic N) is 2. The minimum atomic E-state index is -0.439. The maximum Gasteiger partial charge on any atom is 0.181 e. The van der Waals surface area contributed by atoms with Crippen LogP contribution in [0.1, 0.15) is 83.1 Å². The van der Waals surface area contributed by atoms with Crippen LogP contribution in [0.4, 0.5) is 0 Å². The van der Waals surface area contributed by atoms with Gasteiger partial charge in [0.25, 0.3) is 0 Å². The molecule has 3 rings (SSSR count). The Morgan fingerprint density at radius 1 is 1.06 bits per heavy atom. The predicted molar refractivity (Wildman–Crippen MR) is 138 cm³/mol. The van der Waals surface area contributed by atoms with E-state index in [0.717, 1.165) is 24.0 Å². The summed E-state index contributed by atoms with van der Waals surface area (Å²) in [5.74, 6) is 2.98. The van der Waals surface area contributed by atoms with E-state index in [9.17, 15) is 5.26 Å². The van der Waals surface area contributed by atoms with Gasteiger partial charge in [0.1, 0.15) is 16.8 Å². The van der Waals surface area contributed by atoms with Gasteiger partial charge in [-0.1, -0.05) is 82.1 Å². The standard InChI is InChI=1S/C27H42BrN3O2/c1-15-10-11-17(3)18(12-15)24-29-25(31-30-24)22(28)23(33-32)21-19(26(4,5)6)13-16(2)14-20(21)27(7,8)9/h10-12,16,19-23,32H,13-14H2,1-9H3,(H,29,30,31). The second kappa shape index (κ2) is 9.79. The molecule has 6 heteroatoms. The molecular formula is C27H42BrN3O2. The van der Waals surface area contributed by atoms with Gasteiger partial charge < -0.3 is 0 Å². The first-order valence-corrected chi connectivity index (χ1v) is 13.1. The Labute approximate surface area is 208 Å². The first-order valence-electron chi connectivity index (χ1n) is 12.2. The zero-order chi connectivity index (χ0) is 24.7. The fourth-order valence-corrected chi connectivity index (χ4v) is 6.50. The van der Waals surface area contributed by atoms with E-state index in [0.29, 0.717) is 29.4 Å². The fourth-order valence-electron chi connectivity index (χ4n) is 5.85. The molecule has 0 bridgehead atoms. The van der Waals surface area contributed by atoms with Crippen LogP contribution in [0.5, 0.6) is 0 Å². The minimum Gasteiger partial charge on any atom is -0.262 e. The highest BCUT2D eigenvalue weighted by atomic mass is 79.9. The molecule has 1 fully saturated rings. The summed E-state index contributed by atoms with van der Waals surface area (Å²) >= 11 is 3.85. The van der Waals surface area contributed by atoms with Crippen molar-refractivity contribution in [2.45, 2.75) is 86.1 Å².